The Morgan fingerprint density at radius 2 is 2.21 bits per heavy atom. The van der Waals surface area contributed by atoms with Crippen LogP contribution in [-0.4, -0.2) is 9.97 Å². The van der Waals surface area contributed by atoms with Crippen molar-refractivity contribution < 1.29 is 4.73 Å². The number of rotatable bonds is 1. The van der Waals surface area contributed by atoms with E-state index in [-0.39, 0.29) is 11.8 Å². The molecule has 2 aromatic heterocycles. The molecule has 2 rings (SSSR count). The third-order valence-corrected chi connectivity index (χ3v) is 1.87. The van der Waals surface area contributed by atoms with Crippen molar-refractivity contribution in [2.24, 2.45) is 0 Å². The van der Waals surface area contributed by atoms with Crippen molar-refractivity contribution in [3.8, 4) is 11.3 Å². The molecule has 0 aliphatic rings. The molecule has 0 fully saturated rings. The summed E-state index contributed by atoms with van der Waals surface area (Å²) in [5, 5.41) is 11.1. The summed E-state index contributed by atoms with van der Waals surface area (Å²) in [7, 11) is 0. The fourth-order valence-corrected chi connectivity index (χ4v) is 1.19. The first kappa shape index (κ1) is 8.36. The second-order valence-electron chi connectivity index (χ2n) is 2.81. The number of H-pyrrole nitrogens is 1. The second-order valence-corrected chi connectivity index (χ2v) is 2.81. The molecule has 0 spiro atoms. The van der Waals surface area contributed by atoms with Crippen LogP contribution in [0.2, 0.25) is 0 Å². The molecule has 0 unspecified atom stereocenters. The molecule has 0 radical (unpaired) electrons. The molecular formula is C8H9N5O. The van der Waals surface area contributed by atoms with E-state index in [0.717, 1.165) is 5.69 Å². The Morgan fingerprint density at radius 3 is 2.86 bits per heavy atom. The first-order valence-electron chi connectivity index (χ1n) is 3.97. The molecule has 0 amide bonds. The molecule has 0 aromatic carbocycles. The van der Waals surface area contributed by atoms with Crippen LogP contribution in [0.5, 0.6) is 0 Å². The number of aromatic amines is 1. The zero-order valence-electron chi connectivity index (χ0n) is 7.27. The van der Waals surface area contributed by atoms with E-state index in [9.17, 15) is 5.21 Å². The average molecular weight is 191 g/mol. The highest BCUT2D eigenvalue weighted by molar-refractivity contribution is 5.69. The molecule has 14 heavy (non-hydrogen) atoms. The van der Waals surface area contributed by atoms with E-state index in [1.54, 1.807) is 18.3 Å². The molecule has 72 valence electrons. The minimum Gasteiger partial charge on any atom is -0.740 e. The second kappa shape index (κ2) is 2.91. The summed E-state index contributed by atoms with van der Waals surface area (Å²) in [6.07, 6.45) is 3.03. The quantitative estimate of drug-likeness (QED) is 0.431. The minimum absolute atomic E-state index is 0.155. The molecule has 0 aliphatic heterocycles. The molecule has 0 saturated carbocycles. The van der Waals surface area contributed by atoms with Crippen molar-refractivity contribution in [2.45, 2.75) is 0 Å². The highest BCUT2D eigenvalue weighted by atomic mass is 16.5. The van der Waals surface area contributed by atoms with Crippen molar-refractivity contribution >= 4 is 11.8 Å². The number of aromatic nitrogens is 3. The number of nitrogen functional groups attached to an aromatic ring is 2. The Balaban J connectivity index is 2.60. The van der Waals surface area contributed by atoms with Crippen LogP contribution in [0, 0.1) is 5.21 Å². The number of anilines is 2. The Labute approximate surface area is 79.8 Å². The Bertz CT molecular complexity index is 451. The zero-order chi connectivity index (χ0) is 10.1. The van der Waals surface area contributed by atoms with E-state index < -0.39 is 0 Å². The largest absolute Gasteiger partial charge is 0.740 e. The Kier molecular flexibility index (Phi) is 1.74. The van der Waals surface area contributed by atoms with Gasteiger partial charge in [0, 0.05) is 6.20 Å². The lowest BCUT2D eigenvalue weighted by atomic mass is 10.2. The topological polar surface area (TPSA) is 108 Å². The van der Waals surface area contributed by atoms with Gasteiger partial charge in [-0.15, -0.1) is 0 Å². The number of nitrogens with two attached hydrogens (primary N) is 2. The van der Waals surface area contributed by atoms with Gasteiger partial charge in [0.15, 0.2) is 0 Å². The molecule has 0 saturated heterocycles. The van der Waals surface area contributed by atoms with E-state index in [1.807, 2.05) is 0 Å². The van der Waals surface area contributed by atoms with Gasteiger partial charge in [-0.3, -0.25) is 5.73 Å². The molecule has 0 aliphatic carbocycles. The number of nitrogens with zero attached hydrogens (tertiary/aromatic N) is 2. The summed E-state index contributed by atoms with van der Waals surface area (Å²) in [6, 6.07) is 3.60. The summed E-state index contributed by atoms with van der Waals surface area (Å²) < 4.78 is 0.479. The summed E-state index contributed by atoms with van der Waals surface area (Å²) >= 11 is 0. The van der Waals surface area contributed by atoms with Gasteiger partial charge in [-0.25, -0.2) is 4.73 Å². The van der Waals surface area contributed by atoms with Crippen LogP contribution < -0.4 is 16.2 Å². The van der Waals surface area contributed by atoms with Crippen molar-refractivity contribution in [3.63, 3.8) is 0 Å². The smallest absolute Gasteiger partial charge is 0.391 e. The lowest BCUT2D eigenvalue weighted by molar-refractivity contribution is -0.591. The first-order valence-corrected chi connectivity index (χ1v) is 3.97. The molecule has 5 N–H and O–H groups in total. The van der Waals surface area contributed by atoms with E-state index in [1.165, 1.54) is 6.20 Å². The minimum atomic E-state index is -0.155. The first-order chi connectivity index (χ1) is 6.68. The predicted octanol–water partition coefficient (Wildman–Crippen LogP) is -0.126. The summed E-state index contributed by atoms with van der Waals surface area (Å²) in [6.45, 7) is 0. The molecule has 2 aromatic rings. The van der Waals surface area contributed by atoms with Gasteiger partial charge < -0.3 is 15.9 Å². The van der Waals surface area contributed by atoms with Crippen LogP contribution in [0.3, 0.4) is 0 Å². The molecular weight excluding hydrogens is 182 g/mol. The summed E-state index contributed by atoms with van der Waals surface area (Å²) in [5.41, 5.74) is 12.2. The molecule has 0 bridgehead atoms. The van der Waals surface area contributed by atoms with E-state index in [0.29, 0.717) is 10.3 Å². The lowest BCUT2D eigenvalue weighted by Gasteiger charge is -2.07. The van der Waals surface area contributed by atoms with Gasteiger partial charge in [0.05, 0.1) is 17.5 Å². The third-order valence-electron chi connectivity index (χ3n) is 1.87. The van der Waals surface area contributed by atoms with Gasteiger partial charge in [0.1, 0.15) is 0 Å². The molecule has 2 heterocycles. The maximum atomic E-state index is 11.1. The Morgan fingerprint density at radius 1 is 1.43 bits per heavy atom. The highest BCUT2D eigenvalue weighted by Crippen LogP contribution is 2.20. The highest BCUT2D eigenvalue weighted by Gasteiger charge is 2.11. The monoisotopic (exact) mass is 191 g/mol. The SMILES string of the molecule is Nc1nc(N)[n+]([O-])cc1-c1ccc[nH]1. The maximum Gasteiger partial charge on any atom is 0.391 e. The van der Waals surface area contributed by atoms with Crippen molar-refractivity contribution in [2.75, 3.05) is 11.5 Å². The van der Waals surface area contributed by atoms with Gasteiger partial charge in [-0.2, -0.15) is 0 Å². The number of hydrogen-bond donors (Lipinski definition) is 3. The molecule has 6 nitrogen and oxygen atoms in total. The summed E-state index contributed by atoms with van der Waals surface area (Å²) in [4.78, 5) is 6.64. The van der Waals surface area contributed by atoms with Gasteiger partial charge in [0.25, 0.3) is 0 Å². The van der Waals surface area contributed by atoms with Crippen LogP contribution in [0.4, 0.5) is 11.8 Å². The van der Waals surface area contributed by atoms with Gasteiger partial charge in [0.2, 0.25) is 5.82 Å². The van der Waals surface area contributed by atoms with Gasteiger partial charge >= 0.3 is 5.95 Å². The van der Waals surface area contributed by atoms with Crippen LogP contribution in [-0.2, 0) is 0 Å². The fraction of sp³-hybridized carbons (Fsp3) is 0. The van der Waals surface area contributed by atoms with Gasteiger partial charge in [-0.05, 0) is 12.1 Å². The summed E-state index contributed by atoms with van der Waals surface area (Å²) in [5.74, 6) is 0.0786. The van der Waals surface area contributed by atoms with E-state index in [4.69, 9.17) is 11.5 Å². The zero-order valence-corrected chi connectivity index (χ0v) is 7.27. The van der Waals surface area contributed by atoms with E-state index >= 15 is 0 Å². The van der Waals surface area contributed by atoms with Crippen LogP contribution in [0.15, 0.2) is 24.5 Å². The Hall–Kier alpha value is -2.24. The number of hydrogen-bond acceptors (Lipinski definition) is 4. The third kappa shape index (κ3) is 1.22. The lowest BCUT2D eigenvalue weighted by Crippen LogP contribution is -2.32. The van der Waals surface area contributed by atoms with Crippen LogP contribution in [0.25, 0.3) is 11.3 Å². The van der Waals surface area contributed by atoms with Crippen molar-refractivity contribution in [1.29, 1.82) is 0 Å². The molecule has 0 atom stereocenters. The average Bonchev–Trinajstić information content (AvgIpc) is 2.64. The molecule has 6 heteroatoms. The van der Waals surface area contributed by atoms with Crippen LogP contribution >= 0.6 is 0 Å². The van der Waals surface area contributed by atoms with Crippen LogP contribution in [0.1, 0.15) is 0 Å². The standard InChI is InChI=1S/C8H9N5O/c9-7-5(6-2-1-3-11-6)4-13(14)8(10)12-7/h1-4,11H,(H4,9,10,12). The van der Waals surface area contributed by atoms with E-state index in [2.05, 4.69) is 9.97 Å². The predicted molar refractivity (Wildman–Crippen MR) is 51.8 cm³/mol. The maximum absolute atomic E-state index is 11.1. The fourth-order valence-electron chi connectivity index (χ4n) is 1.19. The van der Waals surface area contributed by atoms with Gasteiger partial charge in [-0.1, -0.05) is 4.98 Å². The normalized spacial score (nSPS) is 10.3. The van der Waals surface area contributed by atoms with Crippen molar-refractivity contribution in [3.05, 3.63) is 29.7 Å². The number of nitrogens with one attached hydrogen (secondary N) is 1. The van der Waals surface area contributed by atoms with Crippen molar-refractivity contribution in [1.82, 2.24) is 9.97 Å².